The number of benzene rings is 1. The summed E-state index contributed by atoms with van der Waals surface area (Å²) in [5.74, 6) is -0.832. The van der Waals surface area contributed by atoms with Gasteiger partial charge in [-0.2, -0.15) is 0 Å². The molecule has 1 aromatic carbocycles. The predicted octanol–water partition coefficient (Wildman–Crippen LogP) is 1.99. The highest BCUT2D eigenvalue weighted by Crippen LogP contribution is 2.52. The van der Waals surface area contributed by atoms with E-state index in [2.05, 4.69) is 17.5 Å². The predicted molar refractivity (Wildman–Crippen MR) is 88.9 cm³/mol. The standard InChI is InChI=1S/C19H20N2O3/c1-2-11-5-3-4-6-14(11)20-15(22)10-21-18(23)16-12-7-8-13(9-12)17(16)19(21)24/h3-8,12-13,16-17H,2,9-10H2,1H3,(H,20,22)/t12-,13-,16-,17+/m1/s1. The fourth-order valence-corrected chi connectivity index (χ4v) is 4.40. The number of hydrogen-bond acceptors (Lipinski definition) is 3. The molecule has 0 aromatic heterocycles. The van der Waals surface area contributed by atoms with Gasteiger partial charge in [0.05, 0.1) is 11.8 Å². The molecular formula is C19H20N2O3. The fraction of sp³-hybridized carbons (Fsp3) is 0.421. The summed E-state index contributed by atoms with van der Waals surface area (Å²) in [6.07, 6.45) is 5.81. The van der Waals surface area contributed by atoms with Crippen LogP contribution < -0.4 is 5.32 Å². The maximum absolute atomic E-state index is 12.6. The summed E-state index contributed by atoms with van der Waals surface area (Å²) in [4.78, 5) is 38.7. The van der Waals surface area contributed by atoms with Crippen molar-refractivity contribution in [3.8, 4) is 0 Å². The molecule has 24 heavy (non-hydrogen) atoms. The van der Waals surface area contributed by atoms with Crippen molar-refractivity contribution in [3.05, 3.63) is 42.0 Å². The van der Waals surface area contributed by atoms with Gasteiger partial charge in [-0.1, -0.05) is 37.3 Å². The summed E-state index contributed by atoms with van der Waals surface area (Å²) >= 11 is 0. The second-order valence-corrected chi connectivity index (χ2v) is 6.82. The number of aryl methyl sites for hydroxylation is 1. The second-order valence-electron chi connectivity index (χ2n) is 6.82. The zero-order valence-corrected chi connectivity index (χ0v) is 13.6. The van der Waals surface area contributed by atoms with E-state index in [4.69, 9.17) is 0 Å². The van der Waals surface area contributed by atoms with Crippen LogP contribution in [-0.4, -0.2) is 29.2 Å². The Labute approximate surface area is 140 Å². The summed E-state index contributed by atoms with van der Waals surface area (Å²) in [6, 6.07) is 7.57. The Kier molecular flexibility index (Phi) is 3.52. The molecule has 1 N–H and O–H groups in total. The lowest BCUT2D eigenvalue weighted by Crippen LogP contribution is -2.39. The van der Waals surface area contributed by atoms with Crippen molar-refractivity contribution in [2.24, 2.45) is 23.7 Å². The lowest BCUT2D eigenvalue weighted by atomic mass is 9.85. The molecule has 1 saturated carbocycles. The number of carbonyl (C=O) groups is 3. The summed E-state index contributed by atoms with van der Waals surface area (Å²) < 4.78 is 0. The van der Waals surface area contributed by atoms with Gasteiger partial charge in [-0.15, -0.1) is 0 Å². The van der Waals surface area contributed by atoms with E-state index in [1.54, 1.807) is 0 Å². The van der Waals surface area contributed by atoms with Crippen molar-refractivity contribution >= 4 is 23.4 Å². The van der Waals surface area contributed by atoms with Gasteiger partial charge in [0, 0.05) is 5.69 Å². The van der Waals surface area contributed by atoms with Crippen LogP contribution in [0.5, 0.6) is 0 Å². The summed E-state index contributed by atoms with van der Waals surface area (Å²) in [6.45, 7) is 1.82. The molecule has 1 aromatic rings. The van der Waals surface area contributed by atoms with Crippen molar-refractivity contribution in [2.45, 2.75) is 19.8 Å². The van der Waals surface area contributed by atoms with Crippen LogP contribution >= 0.6 is 0 Å². The monoisotopic (exact) mass is 324 g/mol. The molecule has 1 aliphatic heterocycles. The normalized spacial score (nSPS) is 30.1. The van der Waals surface area contributed by atoms with Gasteiger partial charge in [0.25, 0.3) is 0 Å². The maximum Gasteiger partial charge on any atom is 0.244 e. The lowest BCUT2D eigenvalue weighted by molar-refractivity contribution is -0.143. The highest BCUT2D eigenvalue weighted by Gasteiger charge is 2.59. The fourth-order valence-electron chi connectivity index (χ4n) is 4.40. The average Bonchev–Trinajstić information content (AvgIpc) is 3.25. The third kappa shape index (κ3) is 2.19. The highest BCUT2D eigenvalue weighted by molar-refractivity contribution is 6.09. The van der Waals surface area contributed by atoms with Crippen molar-refractivity contribution < 1.29 is 14.4 Å². The minimum atomic E-state index is -0.321. The van der Waals surface area contributed by atoms with Crippen LogP contribution in [0.25, 0.3) is 0 Å². The van der Waals surface area contributed by atoms with Crippen LogP contribution in [-0.2, 0) is 20.8 Å². The summed E-state index contributed by atoms with van der Waals surface area (Å²) in [5, 5.41) is 2.83. The van der Waals surface area contributed by atoms with E-state index < -0.39 is 0 Å². The third-order valence-electron chi connectivity index (χ3n) is 5.54. The Morgan fingerprint density at radius 1 is 1.12 bits per heavy atom. The van der Waals surface area contributed by atoms with Gasteiger partial charge in [-0.05, 0) is 36.3 Å². The van der Waals surface area contributed by atoms with Crippen LogP contribution in [0, 0.1) is 23.7 Å². The van der Waals surface area contributed by atoms with Crippen LogP contribution in [0.1, 0.15) is 18.9 Å². The molecule has 0 spiro atoms. The second kappa shape index (κ2) is 5.58. The molecule has 3 aliphatic rings. The Morgan fingerprint density at radius 3 is 2.38 bits per heavy atom. The van der Waals surface area contributed by atoms with E-state index >= 15 is 0 Å². The van der Waals surface area contributed by atoms with E-state index in [1.165, 1.54) is 0 Å². The first-order valence-electron chi connectivity index (χ1n) is 8.51. The van der Waals surface area contributed by atoms with Crippen molar-refractivity contribution in [1.82, 2.24) is 4.90 Å². The Hall–Kier alpha value is -2.43. The van der Waals surface area contributed by atoms with E-state index in [9.17, 15) is 14.4 Å². The minimum Gasteiger partial charge on any atom is -0.324 e. The van der Waals surface area contributed by atoms with Crippen LogP contribution in [0.4, 0.5) is 5.69 Å². The van der Waals surface area contributed by atoms with Gasteiger partial charge in [0.15, 0.2) is 0 Å². The molecule has 5 nitrogen and oxygen atoms in total. The van der Waals surface area contributed by atoms with Crippen LogP contribution in [0.2, 0.25) is 0 Å². The van der Waals surface area contributed by atoms with E-state index in [1.807, 2.05) is 31.2 Å². The van der Waals surface area contributed by atoms with Gasteiger partial charge in [0.2, 0.25) is 17.7 Å². The van der Waals surface area contributed by atoms with E-state index in [-0.39, 0.29) is 47.9 Å². The van der Waals surface area contributed by atoms with Crippen LogP contribution in [0.3, 0.4) is 0 Å². The first kappa shape index (κ1) is 15.1. The molecule has 4 rings (SSSR count). The quantitative estimate of drug-likeness (QED) is 0.680. The zero-order chi connectivity index (χ0) is 16.8. The number of fused-ring (bicyclic) bond motifs is 5. The van der Waals surface area contributed by atoms with Gasteiger partial charge in [-0.25, -0.2) is 0 Å². The molecule has 0 radical (unpaired) electrons. The topological polar surface area (TPSA) is 66.5 Å². The molecule has 5 heteroatoms. The number of amides is 3. The Bertz CT molecular complexity index is 725. The Balaban J connectivity index is 1.47. The Morgan fingerprint density at radius 2 is 1.75 bits per heavy atom. The number of rotatable bonds is 4. The number of hydrogen-bond donors (Lipinski definition) is 1. The summed E-state index contributed by atoms with van der Waals surface area (Å²) in [5.41, 5.74) is 1.77. The van der Waals surface area contributed by atoms with Crippen molar-refractivity contribution in [1.29, 1.82) is 0 Å². The number of allylic oxidation sites excluding steroid dienone is 2. The first-order chi connectivity index (χ1) is 11.6. The molecule has 2 aliphatic carbocycles. The number of carbonyl (C=O) groups excluding carboxylic acids is 3. The summed E-state index contributed by atoms with van der Waals surface area (Å²) in [7, 11) is 0. The van der Waals surface area contributed by atoms with Gasteiger partial charge in [-0.3, -0.25) is 19.3 Å². The molecule has 3 amide bonds. The number of para-hydroxylation sites is 1. The van der Waals surface area contributed by atoms with Gasteiger partial charge >= 0.3 is 0 Å². The molecule has 124 valence electrons. The number of nitrogens with one attached hydrogen (secondary N) is 1. The molecule has 2 bridgehead atoms. The number of likely N-dealkylation sites (tertiary alicyclic amines) is 1. The number of imide groups is 1. The van der Waals surface area contributed by atoms with E-state index in [0.717, 1.165) is 29.0 Å². The third-order valence-corrected chi connectivity index (χ3v) is 5.54. The van der Waals surface area contributed by atoms with Crippen molar-refractivity contribution in [2.75, 3.05) is 11.9 Å². The van der Waals surface area contributed by atoms with Gasteiger partial charge in [0.1, 0.15) is 6.54 Å². The lowest BCUT2D eigenvalue weighted by Gasteiger charge is -2.17. The molecule has 0 unspecified atom stereocenters. The highest BCUT2D eigenvalue weighted by atomic mass is 16.2. The maximum atomic E-state index is 12.6. The molecular weight excluding hydrogens is 304 g/mol. The molecule has 2 fully saturated rings. The SMILES string of the molecule is CCc1ccccc1NC(=O)CN1C(=O)[C@@H]2[C@H](C1=O)[C@@H]1C=C[C@@H]2C1. The largest absolute Gasteiger partial charge is 0.324 e. The first-order valence-corrected chi connectivity index (χ1v) is 8.51. The smallest absolute Gasteiger partial charge is 0.244 e. The van der Waals surface area contributed by atoms with Crippen molar-refractivity contribution in [3.63, 3.8) is 0 Å². The minimum absolute atomic E-state index is 0.172. The number of anilines is 1. The molecule has 1 saturated heterocycles. The average molecular weight is 324 g/mol. The zero-order valence-electron chi connectivity index (χ0n) is 13.6. The van der Waals surface area contributed by atoms with Crippen LogP contribution in [0.15, 0.2) is 36.4 Å². The number of nitrogens with zero attached hydrogens (tertiary/aromatic N) is 1. The molecule has 1 heterocycles. The van der Waals surface area contributed by atoms with E-state index in [0.29, 0.717) is 0 Å². The van der Waals surface area contributed by atoms with Gasteiger partial charge < -0.3 is 5.32 Å². The molecule has 4 atom stereocenters.